The highest BCUT2D eigenvalue weighted by molar-refractivity contribution is 5.17. The molecular formula is C51H58O9. The van der Waals surface area contributed by atoms with Crippen molar-refractivity contribution in [2.45, 2.75) is 75.9 Å². The van der Waals surface area contributed by atoms with E-state index in [-0.39, 0.29) is 19.8 Å². The maximum atomic E-state index is 6.83. The van der Waals surface area contributed by atoms with Crippen LogP contribution in [-0.4, -0.2) is 75.9 Å². The van der Waals surface area contributed by atoms with E-state index >= 15 is 0 Å². The lowest BCUT2D eigenvalue weighted by molar-refractivity contribution is -0.223. The van der Waals surface area contributed by atoms with Crippen LogP contribution >= 0.6 is 0 Å². The third kappa shape index (κ3) is 14.7. The summed E-state index contributed by atoms with van der Waals surface area (Å²) in [7, 11) is 0. The SMILES string of the molecule is C=CCOC[C@@H](OCc1ccccc1)[C@@H](OCc1ccccc1)[C@H](CO[C@@H]1O[C@H](COCc2ccccc2)[C@@H](OCC=C)[C@H]1OCc1ccccc1)OCc1ccccc1. The summed E-state index contributed by atoms with van der Waals surface area (Å²) in [6.45, 7) is 10.7. The quantitative estimate of drug-likeness (QED) is 0.0363. The fourth-order valence-corrected chi connectivity index (χ4v) is 6.86. The normalized spacial score (nSPS) is 19.1. The van der Waals surface area contributed by atoms with Gasteiger partial charge in [0.15, 0.2) is 6.29 Å². The molecule has 1 fully saturated rings. The van der Waals surface area contributed by atoms with Gasteiger partial charge in [0, 0.05) is 0 Å². The molecule has 9 heteroatoms. The van der Waals surface area contributed by atoms with Gasteiger partial charge in [-0.25, -0.2) is 0 Å². The molecule has 316 valence electrons. The lowest BCUT2D eigenvalue weighted by Crippen LogP contribution is -2.48. The van der Waals surface area contributed by atoms with E-state index in [2.05, 4.69) is 13.2 Å². The van der Waals surface area contributed by atoms with Crippen LogP contribution in [0.3, 0.4) is 0 Å². The molecule has 6 rings (SSSR count). The largest absolute Gasteiger partial charge is 0.375 e. The monoisotopic (exact) mass is 814 g/mol. The van der Waals surface area contributed by atoms with Crippen molar-refractivity contribution >= 4 is 0 Å². The Balaban J connectivity index is 1.28. The van der Waals surface area contributed by atoms with Gasteiger partial charge in [-0.2, -0.15) is 0 Å². The van der Waals surface area contributed by atoms with Crippen LogP contribution in [0.1, 0.15) is 27.8 Å². The topological polar surface area (TPSA) is 83.1 Å². The second-order valence-corrected chi connectivity index (χ2v) is 14.5. The molecule has 1 saturated heterocycles. The third-order valence-electron chi connectivity index (χ3n) is 9.93. The Morgan fingerprint density at radius 2 is 0.900 bits per heavy atom. The van der Waals surface area contributed by atoms with E-state index in [0.717, 1.165) is 27.8 Å². The Hall–Kier alpha value is -4.78. The van der Waals surface area contributed by atoms with Crippen LogP contribution in [0.2, 0.25) is 0 Å². The van der Waals surface area contributed by atoms with Gasteiger partial charge in [0.25, 0.3) is 0 Å². The van der Waals surface area contributed by atoms with Gasteiger partial charge >= 0.3 is 0 Å². The molecule has 0 amide bonds. The van der Waals surface area contributed by atoms with Crippen LogP contribution in [0.15, 0.2) is 177 Å². The number of rotatable bonds is 28. The second-order valence-electron chi connectivity index (χ2n) is 14.5. The summed E-state index contributed by atoms with van der Waals surface area (Å²) in [4.78, 5) is 0. The molecule has 60 heavy (non-hydrogen) atoms. The van der Waals surface area contributed by atoms with Gasteiger partial charge in [-0.05, 0) is 27.8 Å². The Bertz CT molecular complexity index is 1880. The van der Waals surface area contributed by atoms with E-state index in [1.807, 2.05) is 152 Å². The second kappa shape index (κ2) is 25.8. The molecule has 0 aromatic heterocycles. The molecule has 5 aromatic rings. The van der Waals surface area contributed by atoms with Crippen LogP contribution in [-0.2, 0) is 75.7 Å². The van der Waals surface area contributed by atoms with Gasteiger partial charge < -0.3 is 42.6 Å². The van der Waals surface area contributed by atoms with E-state index in [0.29, 0.717) is 46.2 Å². The molecule has 0 N–H and O–H groups in total. The zero-order valence-electron chi connectivity index (χ0n) is 34.3. The first-order chi connectivity index (χ1) is 29.7. The van der Waals surface area contributed by atoms with Gasteiger partial charge in [0.05, 0.1) is 66.1 Å². The predicted molar refractivity (Wildman–Crippen MR) is 232 cm³/mol. The number of ether oxygens (including phenoxy) is 9. The van der Waals surface area contributed by atoms with E-state index in [1.165, 1.54) is 0 Å². The number of benzene rings is 5. The first-order valence-electron chi connectivity index (χ1n) is 20.6. The molecular weight excluding hydrogens is 757 g/mol. The van der Waals surface area contributed by atoms with Crippen molar-refractivity contribution in [2.24, 2.45) is 0 Å². The Morgan fingerprint density at radius 3 is 1.40 bits per heavy atom. The Kier molecular flexibility index (Phi) is 19.2. The predicted octanol–water partition coefficient (Wildman–Crippen LogP) is 9.06. The molecule has 7 atom stereocenters. The van der Waals surface area contributed by atoms with E-state index < -0.39 is 42.9 Å². The number of hydrogen-bond donors (Lipinski definition) is 0. The van der Waals surface area contributed by atoms with E-state index in [4.69, 9.17) is 42.6 Å². The van der Waals surface area contributed by atoms with E-state index in [9.17, 15) is 0 Å². The van der Waals surface area contributed by atoms with E-state index in [1.54, 1.807) is 12.2 Å². The average molecular weight is 815 g/mol. The molecule has 0 spiro atoms. The first-order valence-corrected chi connectivity index (χ1v) is 20.6. The van der Waals surface area contributed by atoms with Gasteiger partial charge in [-0.3, -0.25) is 0 Å². The van der Waals surface area contributed by atoms with Crippen LogP contribution < -0.4 is 0 Å². The summed E-state index contributed by atoms with van der Waals surface area (Å²) in [5.74, 6) is 0. The van der Waals surface area contributed by atoms with Crippen LogP contribution in [0.4, 0.5) is 0 Å². The van der Waals surface area contributed by atoms with Crippen molar-refractivity contribution in [1.82, 2.24) is 0 Å². The molecule has 9 nitrogen and oxygen atoms in total. The van der Waals surface area contributed by atoms with Crippen LogP contribution in [0.5, 0.6) is 0 Å². The van der Waals surface area contributed by atoms with Gasteiger partial charge in [0.1, 0.15) is 36.6 Å². The Labute approximate surface area is 355 Å². The van der Waals surface area contributed by atoms with Gasteiger partial charge in [0.2, 0.25) is 0 Å². The standard InChI is InChI=1S/C51H58O9/c1-3-30-52-37-45(55-33-41-22-12-6-13-23-41)48(57-35-43-26-16-8-17-27-43)46(56-34-42-24-14-7-15-25-42)39-59-51-50(58-36-44-28-18-9-19-29-44)49(54-31-4-2)47(60-51)38-53-32-40-20-10-5-11-21-40/h3-29,45-51H,1-2,30-39H2/t45-,46+,47-,48-,49-,50-,51-/m1/s1. The van der Waals surface area contributed by atoms with Crippen molar-refractivity contribution in [3.8, 4) is 0 Å². The van der Waals surface area contributed by atoms with Crippen molar-refractivity contribution in [2.75, 3.05) is 33.0 Å². The summed E-state index contributed by atoms with van der Waals surface area (Å²) in [6.07, 6.45) is -0.892. The molecule has 1 aliphatic rings. The minimum Gasteiger partial charge on any atom is -0.375 e. The minimum absolute atomic E-state index is 0.0700. The van der Waals surface area contributed by atoms with Crippen molar-refractivity contribution in [3.63, 3.8) is 0 Å². The highest BCUT2D eigenvalue weighted by Crippen LogP contribution is 2.30. The maximum Gasteiger partial charge on any atom is 0.187 e. The highest BCUT2D eigenvalue weighted by atomic mass is 16.7. The van der Waals surface area contributed by atoms with Crippen LogP contribution in [0.25, 0.3) is 0 Å². The number of hydrogen-bond acceptors (Lipinski definition) is 9. The fourth-order valence-electron chi connectivity index (χ4n) is 6.86. The lowest BCUT2D eigenvalue weighted by Gasteiger charge is -2.34. The zero-order chi connectivity index (χ0) is 41.5. The third-order valence-corrected chi connectivity index (χ3v) is 9.93. The van der Waals surface area contributed by atoms with Crippen LogP contribution in [0, 0.1) is 0 Å². The van der Waals surface area contributed by atoms with Gasteiger partial charge in [-0.15, -0.1) is 13.2 Å². The lowest BCUT2D eigenvalue weighted by atomic mass is 10.1. The molecule has 0 unspecified atom stereocenters. The molecule has 0 bridgehead atoms. The molecule has 1 heterocycles. The smallest absolute Gasteiger partial charge is 0.187 e. The summed E-state index contributed by atoms with van der Waals surface area (Å²) in [6, 6.07) is 50.2. The van der Waals surface area contributed by atoms with Crippen molar-refractivity contribution in [1.29, 1.82) is 0 Å². The molecule has 5 aromatic carbocycles. The summed E-state index contributed by atoms with van der Waals surface area (Å²) in [5.41, 5.74) is 5.11. The summed E-state index contributed by atoms with van der Waals surface area (Å²) in [5, 5.41) is 0. The molecule has 1 aliphatic heterocycles. The maximum absolute atomic E-state index is 6.83. The average Bonchev–Trinajstić information content (AvgIpc) is 3.63. The van der Waals surface area contributed by atoms with Crippen molar-refractivity contribution < 1.29 is 42.6 Å². The molecule has 0 aliphatic carbocycles. The summed E-state index contributed by atoms with van der Waals surface area (Å²) >= 11 is 0. The minimum atomic E-state index is -0.841. The molecule has 0 radical (unpaired) electrons. The highest BCUT2D eigenvalue weighted by Gasteiger charge is 2.48. The fraction of sp³-hybridized carbons (Fsp3) is 0.333. The summed E-state index contributed by atoms with van der Waals surface area (Å²) < 4.78 is 59.1. The Morgan fingerprint density at radius 1 is 0.450 bits per heavy atom. The molecule has 0 saturated carbocycles. The van der Waals surface area contributed by atoms with Gasteiger partial charge in [-0.1, -0.05) is 164 Å². The first kappa shape index (κ1) is 44.8. The zero-order valence-corrected chi connectivity index (χ0v) is 34.3. The van der Waals surface area contributed by atoms with Crippen molar-refractivity contribution in [3.05, 3.63) is 205 Å².